The summed E-state index contributed by atoms with van der Waals surface area (Å²) >= 11 is 0. The zero-order chi connectivity index (χ0) is 16.2. The van der Waals surface area contributed by atoms with Gasteiger partial charge in [-0.2, -0.15) is 0 Å². The Labute approximate surface area is 134 Å². The highest BCUT2D eigenvalue weighted by Crippen LogP contribution is 2.31. The van der Waals surface area contributed by atoms with Crippen LogP contribution in [0.5, 0.6) is 0 Å². The third kappa shape index (κ3) is 4.22. The topological polar surface area (TPSA) is 63.7 Å². The molecule has 0 radical (unpaired) electrons. The second-order valence-corrected chi connectivity index (χ2v) is 8.76. The monoisotopic (exact) mass is 331 g/mol. The van der Waals surface area contributed by atoms with Crippen LogP contribution in [0.25, 0.3) is 0 Å². The zero-order valence-electron chi connectivity index (χ0n) is 13.8. The number of piperidine rings is 1. The molecule has 2 unspecified atom stereocenters. The summed E-state index contributed by atoms with van der Waals surface area (Å²) in [6.07, 6.45) is 6.81. The first kappa shape index (κ1) is 17.7. The van der Waals surface area contributed by atoms with E-state index in [2.05, 4.69) is 6.92 Å². The van der Waals surface area contributed by atoms with Crippen molar-refractivity contribution in [2.24, 2.45) is 11.8 Å². The van der Waals surface area contributed by atoms with E-state index in [9.17, 15) is 13.2 Å². The standard InChI is InChI=1S/C16H29NO4S/c1-3-13-7-5-6-8-15(13)21-16(18)14-9-11-17(12-10-14)22(19,20)4-2/h13-15H,3-12H2,1-2H3. The third-order valence-electron chi connectivity index (χ3n) is 5.18. The van der Waals surface area contributed by atoms with Crippen LogP contribution < -0.4 is 0 Å². The van der Waals surface area contributed by atoms with Crippen LogP contribution in [0.4, 0.5) is 0 Å². The number of carbonyl (C=O) groups excluding carboxylic acids is 1. The summed E-state index contributed by atoms with van der Waals surface area (Å²) in [6, 6.07) is 0. The van der Waals surface area contributed by atoms with Crippen molar-refractivity contribution in [1.29, 1.82) is 0 Å². The fourth-order valence-electron chi connectivity index (χ4n) is 3.59. The van der Waals surface area contributed by atoms with E-state index >= 15 is 0 Å². The van der Waals surface area contributed by atoms with Crippen LogP contribution in [-0.4, -0.2) is 43.6 Å². The van der Waals surface area contributed by atoms with Gasteiger partial charge in [0.15, 0.2) is 0 Å². The van der Waals surface area contributed by atoms with Gasteiger partial charge in [-0.3, -0.25) is 4.79 Å². The molecule has 1 heterocycles. The van der Waals surface area contributed by atoms with Crippen molar-refractivity contribution in [3.63, 3.8) is 0 Å². The maximum absolute atomic E-state index is 12.4. The van der Waals surface area contributed by atoms with Gasteiger partial charge in [0.2, 0.25) is 10.0 Å². The molecule has 0 aromatic rings. The maximum atomic E-state index is 12.4. The van der Waals surface area contributed by atoms with E-state index in [0.29, 0.717) is 31.8 Å². The number of esters is 1. The van der Waals surface area contributed by atoms with E-state index in [4.69, 9.17) is 4.74 Å². The van der Waals surface area contributed by atoms with Gasteiger partial charge in [0.25, 0.3) is 0 Å². The maximum Gasteiger partial charge on any atom is 0.309 e. The molecule has 0 aromatic carbocycles. The molecule has 0 amide bonds. The highest BCUT2D eigenvalue weighted by atomic mass is 32.2. The lowest BCUT2D eigenvalue weighted by Crippen LogP contribution is -2.42. The van der Waals surface area contributed by atoms with Crippen molar-refractivity contribution in [3.8, 4) is 0 Å². The molecule has 0 N–H and O–H groups in total. The number of sulfonamides is 1. The van der Waals surface area contributed by atoms with Crippen LogP contribution >= 0.6 is 0 Å². The highest BCUT2D eigenvalue weighted by molar-refractivity contribution is 7.89. The Kier molecular flexibility index (Phi) is 6.26. The number of rotatable bonds is 5. The molecule has 6 heteroatoms. The first-order chi connectivity index (χ1) is 10.5. The quantitative estimate of drug-likeness (QED) is 0.726. The number of nitrogens with zero attached hydrogens (tertiary/aromatic N) is 1. The normalized spacial score (nSPS) is 28.5. The summed E-state index contributed by atoms with van der Waals surface area (Å²) < 4.78 is 31.0. The Balaban J connectivity index is 1.84. The van der Waals surface area contributed by atoms with Crippen molar-refractivity contribution in [2.45, 2.75) is 64.9 Å². The minimum atomic E-state index is -3.13. The van der Waals surface area contributed by atoms with Gasteiger partial charge in [0, 0.05) is 13.1 Å². The van der Waals surface area contributed by atoms with Crippen LogP contribution in [0.3, 0.4) is 0 Å². The molecule has 0 aromatic heterocycles. The molecular formula is C16H29NO4S. The largest absolute Gasteiger partial charge is 0.462 e. The summed E-state index contributed by atoms with van der Waals surface area (Å²) in [6.45, 7) is 4.70. The molecule has 128 valence electrons. The Morgan fingerprint density at radius 1 is 1.09 bits per heavy atom. The number of hydrogen-bond donors (Lipinski definition) is 0. The second-order valence-electron chi connectivity index (χ2n) is 6.50. The fraction of sp³-hybridized carbons (Fsp3) is 0.938. The van der Waals surface area contributed by atoms with E-state index in [1.807, 2.05) is 0 Å². The first-order valence-corrected chi connectivity index (χ1v) is 10.3. The molecule has 1 saturated heterocycles. The van der Waals surface area contributed by atoms with Crippen LogP contribution in [0, 0.1) is 11.8 Å². The summed E-state index contributed by atoms with van der Waals surface area (Å²) in [5.74, 6) is 0.377. The number of hydrogen-bond acceptors (Lipinski definition) is 4. The van der Waals surface area contributed by atoms with Gasteiger partial charge >= 0.3 is 5.97 Å². The van der Waals surface area contributed by atoms with Crippen LogP contribution in [0.1, 0.15) is 58.8 Å². The average Bonchev–Trinajstić information content (AvgIpc) is 2.55. The minimum Gasteiger partial charge on any atom is -0.462 e. The van der Waals surface area contributed by atoms with E-state index in [1.54, 1.807) is 6.92 Å². The van der Waals surface area contributed by atoms with E-state index < -0.39 is 10.0 Å². The molecule has 0 spiro atoms. The van der Waals surface area contributed by atoms with Crippen molar-refractivity contribution in [2.75, 3.05) is 18.8 Å². The Morgan fingerprint density at radius 2 is 1.73 bits per heavy atom. The van der Waals surface area contributed by atoms with E-state index in [-0.39, 0.29) is 23.7 Å². The number of carbonyl (C=O) groups is 1. The minimum absolute atomic E-state index is 0.0728. The SMILES string of the molecule is CCC1CCCCC1OC(=O)C1CCN(S(=O)(=O)CC)CC1. The Hall–Kier alpha value is -0.620. The van der Waals surface area contributed by atoms with E-state index in [1.165, 1.54) is 10.7 Å². The van der Waals surface area contributed by atoms with Gasteiger partial charge < -0.3 is 4.74 Å². The Bertz CT molecular complexity index is 469. The molecule has 2 fully saturated rings. The van der Waals surface area contributed by atoms with Crippen LogP contribution in [0.15, 0.2) is 0 Å². The molecule has 1 aliphatic heterocycles. The lowest BCUT2D eigenvalue weighted by molar-refractivity contribution is -0.160. The predicted octanol–water partition coefficient (Wildman–Crippen LogP) is 2.56. The summed E-state index contributed by atoms with van der Waals surface area (Å²) in [5, 5.41) is 0. The molecule has 22 heavy (non-hydrogen) atoms. The van der Waals surface area contributed by atoms with E-state index in [0.717, 1.165) is 25.7 Å². The van der Waals surface area contributed by atoms with Crippen molar-refractivity contribution < 1.29 is 17.9 Å². The van der Waals surface area contributed by atoms with Gasteiger partial charge in [-0.15, -0.1) is 0 Å². The predicted molar refractivity (Wildman–Crippen MR) is 85.9 cm³/mol. The molecular weight excluding hydrogens is 302 g/mol. The van der Waals surface area contributed by atoms with Crippen molar-refractivity contribution in [3.05, 3.63) is 0 Å². The van der Waals surface area contributed by atoms with Crippen LogP contribution in [-0.2, 0) is 19.6 Å². The van der Waals surface area contributed by atoms with Crippen molar-refractivity contribution >= 4 is 16.0 Å². The van der Waals surface area contributed by atoms with Gasteiger partial charge in [0.1, 0.15) is 6.10 Å². The number of ether oxygens (including phenoxy) is 1. The van der Waals surface area contributed by atoms with Gasteiger partial charge in [-0.1, -0.05) is 13.3 Å². The Morgan fingerprint density at radius 3 is 2.32 bits per heavy atom. The lowest BCUT2D eigenvalue weighted by Gasteiger charge is -2.34. The molecule has 5 nitrogen and oxygen atoms in total. The summed E-state index contributed by atoms with van der Waals surface area (Å²) in [4.78, 5) is 12.4. The van der Waals surface area contributed by atoms with Gasteiger partial charge in [-0.05, 0) is 51.4 Å². The molecule has 2 aliphatic rings. The fourth-order valence-corrected chi connectivity index (χ4v) is 4.73. The summed E-state index contributed by atoms with van der Waals surface area (Å²) in [5.41, 5.74) is 0. The molecule has 0 bridgehead atoms. The molecule has 2 rings (SSSR count). The molecule has 1 aliphatic carbocycles. The molecule has 2 atom stereocenters. The van der Waals surface area contributed by atoms with Crippen LogP contribution in [0.2, 0.25) is 0 Å². The molecule has 1 saturated carbocycles. The van der Waals surface area contributed by atoms with Crippen molar-refractivity contribution in [1.82, 2.24) is 4.31 Å². The first-order valence-electron chi connectivity index (χ1n) is 8.66. The second kappa shape index (κ2) is 7.77. The van der Waals surface area contributed by atoms with Gasteiger partial charge in [-0.25, -0.2) is 12.7 Å². The third-order valence-corrected chi connectivity index (χ3v) is 7.06. The summed E-state index contributed by atoms with van der Waals surface area (Å²) in [7, 11) is -3.13. The zero-order valence-corrected chi connectivity index (χ0v) is 14.6. The average molecular weight is 331 g/mol. The van der Waals surface area contributed by atoms with Gasteiger partial charge in [0.05, 0.1) is 11.7 Å². The lowest BCUT2D eigenvalue weighted by atomic mass is 9.84. The highest BCUT2D eigenvalue weighted by Gasteiger charge is 2.34. The smallest absolute Gasteiger partial charge is 0.309 e.